The average Bonchev–Trinajstić information content (AvgIpc) is 2.53. The molecule has 2 rings (SSSR count). The van der Waals surface area contributed by atoms with Crippen LogP contribution in [0.15, 0.2) is 10.5 Å². The molecule has 0 unspecified atom stereocenters. The lowest BCUT2D eigenvalue weighted by atomic mass is 9.82. The molecule has 0 aromatic carbocycles. The largest absolute Gasteiger partial charge is 0.478 e. The van der Waals surface area contributed by atoms with Crippen LogP contribution in [-0.4, -0.2) is 17.1 Å². The number of hydrogen-bond acceptors (Lipinski definition) is 3. The number of hydrogen-bond donors (Lipinski definition) is 2. The number of aromatic carboxylic acids is 1. The zero-order valence-electron chi connectivity index (χ0n) is 9.62. The monoisotopic (exact) mass is 223 g/mol. The van der Waals surface area contributed by atoms with Gasteiger partial charge in [-0.2, -0.15) is 0 Å². The second kappa shape index (κ2) is 4.29. The van der Waals surface area contributed by atoms with E-state index in [4.69, 9.17) is 9.52 Å². The molecule has 0 spiro atoms. The van der Waals surface area contributed by atoms with Gasteiger partial charge in [0.05, 0.1) is 6.54 Å². The molecule has 1 heterocycles. The summed E-state index contributed by atoms with van der Waals surface area (Å²) in [7, 11) is 0. The lowest BCUT2D eigenvalue weighted by Crippen LogP contribution is -2.39. The molecule has 0 saturated heterocycles. The molecule has 1 aromatic heterocycles. The van der Waals surface area contributed by atoms with Crippen molar-refractivity contribution >= 4 is 5.97 Å². The molecule has 1 aliphatic rings. The molecule has 0 aliphatic heterocycles. The highest BCUT2D eigenvalue weighted by Crippen LogP contribution is 2.26. The van der Waals surface area contributed by atoms with Crippen molar-refractivity contribution in [1.82, 2.24) is 5.32 Å². The van der Waals surface area contributed by atoms with Gasteiger partial charge in [-0.3, -0.25) is 0 Å². The third-order valence-electron chi connectivity index (χ3n) is 3.14. The minimum atomic E-state index is -0.926. The van der Waals surface area contributed by atoms with Crippen LogP contribution in [0.3, 0.4) is 0 Å². The van der Waals surface area contributed by atoms with Gasteiger partial charge in [0.2, 0.25) is 0 Å². The number of carbonyl (C=O) groups is 1. The molecule has 2 N–H and O–H groups in total. The molecule has 1 aromatic rings. The summed E-state index contributed by atoms with van der Waals surface area (Å²) in [4.78, 5) is 10.8. The zero-order valence-corrected chi connectivity index (χ0v) is 9.62. The first-order chi connectivity index (χ1) is 7.56. The van der Waals surface area contributed by atoms with Crippen molar-refractivity contribution in [3.8, 4) is 0 Å². The van der Waals surface area contributed by atoms with Crippen LogP contribution in [0.25, 0.3) is 0 Å². The standard InChI is InChI=1S/C12H17NO3/c1-7-3-9(4-7)13-6-10-5-11(12(14)15)8(2)16-10/h5,7,9,13H,3-4,6H2,1-2H3,(H,14,15). The topological polar surface area (TPSA) is 62.5 Å². The van der Waals surface area contributed by atoms with E-state index >= 15 is 0 Å². The molecule has 88 valence electrons. The Balaban J connectivity index is 1.90. The van der Waals surface area contributed by atoms with E-state index in [-0.39, 0.29) is 5.56 Å². The van der Waals surface area contributed by atoms with Gasteiger partial charge in [0.25, 0.3) is 0 Å². The van der Waals surface area contributed by atoms with Crippen molar-refractivity contribution in [2.75, 3.05) is 0 Å². The van der Waals surface area contributed by atoms with E-state index in [2.05, 4.69) is 12.2 Å². The van der Waals surface area contributed by atoms with Crippen LogP contribution in [0.2, 0.25) is 0 Å². The van der Waals surface area contributed by atoms with Gasteiger partial charge in [-0.15, -0.1) is 0 Å². The van der Waals surface area contributed by atoms with E-state index in [1.807, 2.05) is 0 Å². The molecule has 1 fully saturated rings. The van der Waals surface area contributed by atoms with Crippen molar-refractivity contribution in [3.63, 3.8) is 0 Å². The van der Waals surface area contributed by atoms with Crippen LogP contribution in [0.5, 0.6) is 0 Å². The number of aryl methyl sites for hydroxylation is 1. The van der Waals surface area contributed by atoms with Crippen molar-refractivity contribution in [2.45, 2.75) is 39.3 Å². The molecular formula is C12H17NO3. The zero-order chi connectivity index (χ0) is 11.7. The van der Waals surface area contributed by atoms with Crippen LogP contribution in [0.1, 0.15) is 41.6 Å². The summed E-state index contributed by atoms with van der Waals surface area (Å²) in [5, 5.41) is 12.2. The first-order valence-electron chi connectivity index (χ1n) is 5.62. The maximum absolute atomic E-state index is 10.8. The number of rotatable bonds is 4. The quantitative estimate of drug-likeness (QED) is 0.821. The summed E-state index contributed by atoms with van der Waals surface area (Å²) >= 11 is 0. The SMILES string of the molecule is Cc1oc(CNC2CC(C)C2)cc1C(=O)O. The van der Waals surface area contributed by atoms with Gasteiger partial charge in [-0.25, -0.2) is 4.79 Å². The van der Waals surface area contributed by atoms with E-state index in [1.54, 1.807) is 13.0 Å². The Hall–Kier alpha value is -1.29. The van der Waals surface area contributed by atoms with Crippen LogP contribution in [0, 0.1) is 12.8 Å². The van der Waals surface area contributed by atoms with Crippen LogP contribution >= 0.6 is 0 Å². The molecule has 16 heavy (non-hydrogen) atoms. The summed E-state index contributed by atoms with van der Waals surface area (Å²) in [6.07, 6.45) is 2.40. The summed E-state index contributed by atoms with van der Waals surface area (Å²) in [6, 6.07) is 2.17. The van der Waals surface area contributed by atoms with E-state index in [9.17, 15) is 4.79 Å². The number of furan rings is 1. The third-order valence-corrected chi connectivity index (χ3v) is 3.14. The fraction of sp³-hybridized carbons (Fsp3) is 0.583. The summed E-state index contributed by atoms with van der Waals surface area (Å²) < 4.78 is 5.38. The highest BCUT2D eigenvalue weighted by Gasteiger charge is 2.25. The van der Waals surface area contributed by atoms with Crippen LogP contribution in [0.4, 0.5) is 0 Å². The fourth-order valence-electron chi connectivity index (χ4n) is 2.16. The predicted molar refractivity (Wildman–Crippen MR) is 59.4 cm³/mol. The molecule has 4 heteroatoms. The molecule has 4 nitrogen and oxygen atoms in total. The first-order valence-corrected chi connectivity index (χ1v) is 5.62. The maximum atomic E-state index is 10.8. The first kappa shape index (κ1) is 11.2. The van der Waals surface area contributed by atoms with Gasteiger partial charge < -0.3 is 14.8 Å². The number of carboxylic acid groups (broad SMARTS) is 1. The summed E-state index contributed by atoms with van der Waals surface area (Å²) in [5.41, 5.74) is 0.263. The fourth-order valence-corrected chi connectivity index (χ4v) is 2.16. The Bertz CT molecular complexity index is 391. The molecule has 0 radical (unpaired) electrons. The Kier molecular flexibility index (Phi) is 3.01. The smallest absolute Gasteiger partial charge is 0.339 e. The molecule has 1 aliphatic carbocycles. The van der Waals surface area contributed by atoms with Crippen molar-refractivity contribution in [1.29, 1.82) is 0 Å². The minimum Gasteiger partial charge on any atom is -0.478 e. The molecule has 1 saturated carbocycles. The Morgan fingerprint density at radius 3 is 2.81 bits per heavy atom. The van der Waals surface area contributed by atoms with Crippen LogP contribution in [-0.2, 0) is 6.54 Å². The van der Waals surface area contributed by atoms with Crippen molar-refractivity contribution < 1.29 is 14.3 Å². The highest BCUT2D eigenvalue weighted by molar-refractivity contribution is 5.88. The van der Waals surface area contributed by atoms with Gasteiger partial charge in [0.15, 0.2) is 0 Å². The van der Waals surface area contributed by atoms with Crippen molar-refractivity contribution in [3.05, 3.63) is 23.2 Å². The second-order valence-corrected chi connectivity index (χ2v) is 4.64. The summed E-state index contributed by atoms with van der Waals surface area (Å²) in [5.74, 6) is 1.07. The van der Waals surface area contributed by atoms with Crippen molar-refractivity contribution in [2.24, 2.45) is 5.92 Å². The van der Waals surface area contributed by atoms with E-state index in [0.29, 0.717) is 24.1 Å². The van der Waals surface area contributed by atoms with Gasteiger partial charge >= 0.3 is 5.97 Å². The Morgan fingerprint density at radius 2 is 2.31 bits per heavy atom. The third kappa shape index (κ3) is 2.27. The Morgan fingerprint density at radius 1 is 1.62 bits per heavy atom. The van der Waals surface area contributed by atoms with Gasteiger partial charge in [-0.05, 0) is 31.7 Å². The number of nitrogens with one attached hydrogen (secondary N) is 1. The van der Waals surface area contributed by atoms with Gasteiger partial charge in [0, 0.05) is 6.04 Å². The molecule has 0 bridgehead atoms. The molecular weight excluding hydrogens is 206 g/mol. The normalized spacial score (nSPS) is 24.1. The maximum Gasteiger partial charge on any atom is 0.339 e. The lowest BCUT2D eigenvalue weighted by Gasteiger charge is -2.33. The van der Waals surface area contributed by atoms with Gasteiger partial charge in [0.1, 0.15) is 17.1 Å². The molecule has 0 atom stereocenters. The average molecular weight is 223 g/mol. The lowest BCUT2D eigenvalue weighted by molar-refractivity contribution is 0.0695. The van der Waals surface area contributed by atoms with E-state index in [1.165, 1.54) is 12.8 Å². The van der Waals surface area contributed by atoms with E-state index < -0.39 is 5.97 Å². The highest BCUT2D eigenvalue weighted by atomic mass is 16.4. The summed E-state index contributed by atoms with van der Waals surface area (Å²) in [6.45, 7) is 4.53. The van der Waals surface area contributed by atoms with E-state index in [0.717, 1.165) is 5.92 Å². The van der Waals surface area contributed by atoms with Crippen LogP contribution < -0.4 is 5.32 Å². The minimum absolute atomic E-state index is 0.263. The number of carboxylic acids is 1. The predicted octanol–water partition coefficient (Wildman–Crippen LogP) is 2.17. The Labute approximate surface area is 94.6 Å². The van der Waals surface area contributed by atoms with Gasteiger partial charge in [-0.1, -0.05) is 6.92 Å². The second-order valence-electron chi connectivity index (χ2n) is 4.64. The molecule has 0 amide bonds.